The first-order valence-corrected chi connectivity index (χ1v) is 16.6. The maximum Gasteiger partial charge on any atom is 0.410 e. The van der Waals surface area contributed by atoms with Crippen LogP contribution in [0.4, 0.5) is 21.4 Å². The molecular weight excluding hydrogens is 574 g/mol. The number of rotatable bonds is 7. The molecule has 1 aliphatic heterocycles. The van der Waals surface area contributed by atoms with Crippen molar-refractivity contribution in [3.63, 3.8) is 0 Å². The van der Waals surface area contributed by atoms with E-state index in [4.69, 9.17) is 20.1 Å². The Balaban J connectivity index is 1.57. The summed E-state index contributed by atoms with van der Waals surface area (Å²) in [4.78, 5) is 43.0. The van der Waals surface area contributed by atoms with Gasteiger partial charge in [0.2, 0.25) is 5.95 Å². The van der Waals surface area contributed by atoms with Crippen molar-refractivity contribution in [1.29, 1.82) is 5.41 Å². The molecule has 3 atom stereocenters. The van der Waals surface area contributed by atoms with Crippen molar-refractivity contribution in [1.82, 2.24) is 29.7 Å². The lowest BCUT2D eigenvalue weighted by atomic mass is 9.80. The molecule has 13 nitrogen and oxygen atoms in total. The number of ether oxygens (including phenoxy) is 1. The molecule has 2 saturated carbocycles. The summed E-state index contributed by atoms with van der Waals surface area (Å²) in [5.41, 5.74) is 0.618. The lowest BCUT2D eigenvalue weighted by Crippen LogP contribution is -2.59. The van der Waals surface area contributed by atoms with Gasteiger partial charge < -0.3 is 29.5 Å². The second-order valence-corrected chi connectivity index (χ2v) is 14.6. The number of nitrogens with one attached hydrogen (secondary N) is 3. The minimum atomic E-state index is -1.34. The molecule has 13 heteroatoms. The predicted molar refractivity (Wildman–Crippen MR) is 174 cm³/mol. The van der Waals surface area contributed by atoms with Crippen molar-refractivity contribution >= 4 is 41.0 Å². The van der Waals surface area contributed by atoms with E-state index in [1.807, 2.05) is 27.7 Å². The Hall–Kier alpha value is -3.64. The number of nitrogens with zero attached hydrogens (tertiary/aromatic N) is 6. The van der Waals surface area contributed by atoms with E-state index >= 15 is 0 Å². The fourth-order valence-corrected chi connectivity index (χ4v) is 6.82. The predicted octanol–water partition coefficient (Wildman–Crippen LogP) is 5.68. The largest absolute Gasteiger partial charge is 0.465 e. The Kier molecular flexibility index (Phi) is 9.46. The van der Waals surface area contributed by atoms with E-state index in [1.165, 1.54) is 19.3 Å². The average Bonchev–Trinajstić information content (AvgIpc) is 3.26. The summed E-state index contributed by atoms with van der Waals surface area (Å²) in [6.07, 6.45) is 6.49. The summed E-state index contributed by atoms with van der Waals surface area (Å²) in [6, 6.07) is -0.0315. The van der Waals surface area contributed by atoms with Crippen molar-refractivity contribution in [3.05, 3.63) is 5.82 Å². The molecular formula is C32H51N9O4. The number of aromatic nitrogens is 4. The summed E-state index contributed by atoms with van der Waals surface area (Å²) in [5, 5.41) is 23.4. The first-order valence-electron chi connectivity index (χ1n) is 16.6. The van der Waals surface area contributed by atoms with Gasteiger partial charge >= 0.3 is 12.2 Å². The van der Waals surface area contributed by atoms with E-state index in [9.17, 15) is 14.7 Å². The van der Waals surface area contributed by atoms with Crippen molar-refractivity contribution in [2.75, 3.05) is 23.3 Å². The van der Waals surface area contributed by atoms with Crippen molar-refractivity contribution in [2.45, 2.75) is 124 Å². The molecule has 1 saturated heterocycles. The lowest BCUT2D eigenvalue weighted by molar-refractivity contribution is 0.0128. The zero-order valence-corrected chi connectivity index (χ0v) is 27.9. The zero-order valence-electron chi connectivity index (χ0n) is 27.9. The number of anilines is 2. The third-order valence-corrected chi connectivity index (χ3v) is 9.71. The molecule has 3 fully saturated rings. The minimum absolute atomic E-state index is 0.0212. The molecule has 2 amide bonds. The second kappa shape index (κ2) is 13.0. The number of imidazole rings is 1. The van der Waals surface area contributed by atoms with Gasteiger partial charge in [-0.25, -0.2) is 19.6 Å². The fourth-order valence-electron chi connectivity index (χ4n) is 6.82. The Bertz CT molecular complexity index is 1410. The van der Waals surface area contributed by atoms with E-state index < -0.39 is 17.5 Å². The molecule has 2 aliphatic carbocycles. The van der Waals surface area contributed by atoms with Gasteiger partial charge in [0.15, 0.2) is 23.1 Å². The molecule has 2 aromatic heterocycles. The molecule has 3 heterocycles. The van der Waals surface area contributed by atoms with Gasteiger partial charge in [-0.05, 0) is 85.0 Å². The summed E-state index contributed by atoms with van der Waals surface area (Å²) in [5.74, 6) is 2.63. The van der Waals surface area contributed by atoms with Gasteiger partial charge in [0, 0.05) is 37.8 Å². The van der Waals surface area contributed by atoms with Crippen LogP contribution in [0.5, 0.6) is 0 Å². The molecule has 0 aromatic carbocycles. The molecule has 0 unspecified atom stereocenters. The number of amidine groups is 1. The second-order valence-electron chi connectivity index (χ2n) is 14.6. The topological polar surface area (TPSA) is 162 Å². The third kappa shape index (κ3) is 7.44. The first kappa shape index (κ1) is 32.7. The number of amides is 2. The first-order chi connectivity index (χ1) is 21.2. The van der Waals surface area contributed by atoms with Crippen LogP contribution in [0.25, 0.3) is 11.2 Å². The van der Waals surface area contributed by atoms with Gasteiger partial charge in [0.25, 0.3) is 0 Å². The van der Waals surface area contributed by atoms with E-state index in [0.717, 1.165) is 49.6 Å². The highest BCUT2D eigenvalue weighted by atomic mass is 16.6. The van der Waals surface area contributed by atoms with Gasteiger partial charge in [-0.1, -0.05) is 26.2 Å². The molecule has 2 aromatic rings. The summed E-state index contributed by atoms with van der Waals surface area (Å²) >= 11 is 0. The number of fused-ring (bicyclic) bond motifs is 1. The number of carbonyl (C=O) groups is 2. The van der Waals surface area contributed by atoms with Crippen LogP contribution in [0.2, 0.25) is 0 Å². The van der Waals surface area contributed by atoms with Crippen LogP contribution in [0, 0.1) is 23.2 Å². The molecule has 3 aliphatic rings. The summed E-state index contributed by atoms with van der Waals surface area (Å²) in [7, 11) is 0. The number of piperazine rings is 1. The molecule has 5 rings (SSSR count). The molecule has 0 bridgehead atoms. The average molecular weight is 626 g/mol. The van der Waals surface area contributed by atoms with Crippen LogP contribution in [-0.2, 0) is 11.3 Å². The normalized spacial score (nSPS) is 25.0. The van der Waals surface area contributed by atoms with Crippen molar-refractivity contribution in [3.8, 4) is 0 Å². The third-order valence-electron chi connectivity index (χ3n) is 9.71. The Morgan fingerprint density at radius 1 is 1.02 bits per heavy atom. The Labute approximate surface area is 266 Å². The van der Waals surface area contributed by atoms with Gasteiger partial charge in [0.05, 0.1) is 0 Å². The van der Waals surface area contributed by atoms with Crippen LogP contribution >= 0.6 is 0 Å². The van der Waals surface area contributed by atoms with Crippen LogP contribution in [-0.4, -0.2) is 84.4 Å². The Morgan fingerprint density at radius 2 is 1.71 bits per heavy atom. The monoisotopic (exact) mass is 625 g/mol. The highest BCUT2D eigenvalue weighted by Gasteiger charge is 2.38. The molecule has 248 valence electrons. The van der Waals surface area contributed by atoms with Crippen LogP contribution in [0.1, 0.15) is 99.2 Å². The standard InChI is InChI=1S/C32H51N9O4/c1-18-11-13-22(14-12-18)17-41-24-26(34-21(4)23-9-8-10-23)36-28(25(33)35-30(42)43)37-27(24)38-29(41)39-15-20(3)40(16-19(39)2)31(44)45-32(5,6)7/h18-23H,8-17H2,1-7H3,(H2,33,35)(H,42,43)(H,34,36,37)/t18-,19-,20+,21-,22-/m1/s1. The maximum atomic E-state index is 13.1. The molecule has 4 N–H and O–H groups in total. The van der Waals surface area contributed by atoms with E-state index in [1.54, 1.807) is 4.90 Å². The minimum Gasteiger partial charge on any atom is -0.465 e. The van der Waals surface area contributed by atoms with E-state index in [-0.39, 0.29) is 30.0 Å². The van der Waals surface area contributed by atoms with Gasteiger partial charge in [-0.15, -0.1) is 0 Å². The number of carboxylic acid groups (broad SMARTS) is 1. The van der Waals surface area contributed by atoms with Gasteiger partial charge in [-0.2, -0.15) is 4.98 Å². The SMILES string of the molecule is C[C@@H]1CN(C(=O)OC(C)(C)C)[C@@H](C)CN1c1nc2nc(C(=N)NC(=O)O)nc(N[C@H](C)C3CCC3)c2n1C[C@H]1CC[C@H](C)CC1. The van der Waals surface area contributed by atoms with Crippen LogP contribution in [0.15, 0.2) is 0 Å². The van der Waals surface area contributed by atoms with Crippen molar-refractivity contribution in [2.24, 2.45) is 17.8 Å². The van der Waals surface area contributed by atoms with E-state index in [2.05, 4.69) is 45.9 Å². The highest BCUT2D eigenvalue weighted by molar-refractivity contribution is 6.03. The number of hydrogen-bond acceptors (Lipinski definition) is 9. The van der Waals surface area contributed by atoms with E-state index in [0.29, 0.717) is 36.4 Å². The van der Waals surface area contributed by atoms with Crippen LogP contribution < -0.4 is 15.5 Å². The smallest absolute Gasteiger partial charge is 0.410 e. The zero-order chi connectivity index (χ0) is 32.6. The van der Waals surface area contributed by atoms with Crippen LogP contribution in [0.3, 0.4) is 0 Å². The molecule has 45 heavy (non-hydrogen) atoms. The van der Waals surface area contributed by atoms with Crippen molar-refractivity contribution < 1.29 is 19.4 Å². The summed E-state index contributed by atoms with van der Waals surface area (Å²) < 4.78 is 7.97. The summed E-state index contributed by atoms with van der Waals surface area (Å²) in [6.45, 7) is 16.0. The molecule has 0 radical (unpaired) electrons. The number of carbonyl (C=O) groups excluding carboxylic acids is 1. The Morgan fingerprint density at radius 3 is 2.31 bits per heavy atom. The van der Waals surface area contributed by atoms with Gasteiger partial charge in [0.1, 0.15) is 11.1 Å². The van der Waals surface area contributed by atoms with Gasteiger partial charge in [-0.3, -0.25) is 10.7 Å². The number of hydrogen-bond donors (Lipinski definition) is 4. The maximum absolute atomic E-state index is 13.1. The quantitative estimate of drug-likeness (QED) is 0.224. The lowest BCUT2D eigenvalue weighted by Gasteiger charge is -2.44. The highest BCUT2D eigenvalue weighted by Crippen LogP contribution is 2.37. The molecule has 0 spiro atoms. The fraction of sp³-hybridized carbons (Fsp3) is 0.750.